The zero-order valence-corrected chi connectivity index (χ0v) is 10.0. The van der Waals surface area contributed by atoms with Crippen molar-refractivity contribution >= 4 is 0 Å². The molecule has 0 aliphatic carbocycles. The van der Waals surface area contributed by atoms with E-state index in [-0.39, 0.29) is 12.4 Å². The molecular weight excluding hydrogens is 237 g/mol. The quantitative estimate of drug-likeness (QED) is 0.818. The molecule has 6 heteroatoms. The summed E-state index contributed by atoms with van der Waals surface area (Å²) in [5.74, 6) is 0.521. The van der Waals surface area contributed by atoms with Crippen LogP contribution in [-0.4, -0.2) is 23.3 Å². The largest absolute Gasteiger partial charge is 0.370 e. The van der Waals surface area contributed by atoms with E-state index in [0.29, 0.717) is 24.9 Å². The summed E-state index contributed by atoms with van der Waals surface area (Å²) < 4.78 is 23.2. The highest BCUT2D eigenvalue weighted by molar-refractivity contribution is 5.59. The molecule has 1 aromatic carbocycles. The Kier molecular flexibility index (Phi) is 4.01. The van der Waals surface area contributed by atoms with Gasteiger partial charge in [-0.25, -0.2) is 4.39 Å². The maximum Gasteiger partial charge on any atom is 0.252 e. The van der Waals surface area contributed by atoms with Crippen LogP contribution < -0.4 is 5.73 Å². The van der Waals surface area contributed by atoms with Crippen molar-refractivity contribution in [3.63, 3.8) is 0 Å². The van der Waals surface area contributed by atoms with Crippen LogP contribution in [-0.2, 0) is 11.3 Å². The maximum absolute atomic E-state index is 13.0. The molecule has 0 atom stereocenters. The highest BCUT2D eigenvalue weighted by Gasteiger charge is 2.11. The molecule has 0 unspecified atom stereocenters. The second kappa shape index (κ2) is 5.70. The Hall–Kier alpha value is -1.79. The summed E-state index contributed by atoms with van der Waals surface area (Å²) in [7, 11) is 0. The third kappa shape index (κ3) is 2.91. The number of ether oxygens (including phenoxy) is 1. The fraction of sp³-hybridized carbons (Fsp3) is 0.333. The number of aryl methyl sites for hydroxylation is 1. The van der Waals surface area contributed by atoms with Crippen LogP contribution in [0.4, 0.5) is 4.39 Å². The minimum Gasteiger partial charge on any atom is -0.370 e. The number of nitrogens with zero attached hydrogens (tertiary/aromatic N) is 2. The van der Waals surface area contributed by atoms with Crippen molar-refractivity contribution in [2.24, 2.45) is 5.73 Å². The van der Waals surface area contributed by atoms with Crippen LogP contribution in [0.1, 0.15) is 11.5 Å². The Balaban J connectivity index is 2.13. The molecule has 0 aliphatic rings. The lowest BCUT2D eigenvalue weighted by molar-refractivity contribution is 0.104. The van der Waals surface area contributed by atoms with Crippen LogP contribution >= 0.6 is 0 Å². The van der Waals surface area contributed by atoms with Crippen molar-refractivity contribution in [3.05, 3.63) is 35.5 Å². The van der Waals surface area contributed by atoms with E-state index in [1.807, 2.05) is 0 Å². The minimum absolute atomic E-state index is 0.227. The number of hydrogen-bond acceptors (Lipinski definition) is 5. The molecule has 2 N–H and O–H groups in total. The van der Waals surface area contributed by atoms with Crippen LogP contribution in [0.3, 0.4) is 0 Å². The van der Waals surface area contributed by atoms with Crippen LogP contribution in [0.2, 0.25) is 0 Å². The first-order valence-electron chi connectivity index (χ1n) is 5.57. The monoisotopic (exact) mass is 251 g/mol. The number of hydrogen-bond donors (Lipinski definition) is 1. The van der Waals surface area contributed by atoms with Gasteiger partial charge in [0.1, 0.15) is 12.4 Å². The average molecular weight is 251 g/mol. The van der Waals surface area contributed by atoms with E-state index in [9.17, 15) is 4.39 Å². The molecule has 0 spiro atoms. The summed E-state index contributed by atoms with van der Waals surface area (Å²) in [6.07, 6.45) is 0. The van der Waals surface area contributed by atoms with Gasteiger partial charge >= 0.3 is 0 Å². The summed E-state index contributed by atoms with van der Waals surface area (Å²) in [4.78, 5) is 4.18. The van der Waals surface area contributed by atoms with Crippen molar-refractivity contribution in [1.82, 2.24) is 10.1 Å². The van der Waals surface area contributed by atoms with Crippen molar-refractivity contribution in [3.8, 4) is 11.4 Å². The summed E-state index contributed by atoms with van der Waals surface area (Å²) >= 11 is 0. The van der Waals surface area contributed by atoms with Gasteiger partial charge in [-0.3, -0.25) is 0 Å². The second-order valence-corrected chi connectivity index (χ2v) is 3.81. The van der Waals surface area contributed by atoms with E-state index in [1.54, 1.807) is 13.0 Å². The van der Waals surface area contributed by atoms with E-state index in [0.717, 1.165) is 11.1 Å². The molecule has 1 heterocycles. The van der Waals surface area contributed by atoms with Crippen LogP contribution in [0.5, 0.6) is 0 Å². The van der Waals surface area contributed by atoms with Gasteiger partial charge in [-0.15, -0.1) is 0 Å². The molecule has 0 saturated heterocycles. The number of aromatic nitrogens is 2. The molecule has 18 heavy (non-hydrogen) atoms. The van der Waals surface area contributed by atoms with Crippen molar-refractivity contribution < 1.29 is 13.7 Å². The molecule has 0 amide bonds. The summed E-state index contributed by atoms with van der Waals surface area (Å²) in [5, 5.41) is 3.84. The Morgan fingerprint density at radius 3 is 3.00 bits per heavy atom. The summed E-state index contributed by atoms with van der Waals surface area (Å²) in [5.41, 5.74) is 6.79. The SMILES string of the molecule is Cc1cc(F)ccc1-c1noc(COCCN)n1. The van der Waals surface area contributed by atoms with Gasteiger partial charge < -0.3 is 15.0 Å². The molecule has 0 saturated carbocycles. The number of rotatable bonds is 5. The highest BCUT2D eigenvalue weighted by atomic mass is 19.1. The maximum atomic E-state index is 13.0. The van der Waals surface area contributed by atoms with Crippen LogP contribution in [0.25, 0.3) is 11.4 Å². The van der Waals surface area contributed by atoms with E-state index in [1.165, 1.54) is 12.1 Å². The zero-order valence-electron chi connectivity index (χ0n) is 10.0. The highest BCUT2D eigenvalue weighted by Crippen LogP contribution is 2.21. The summed E-state index contributed by atoms with van der Waals surface area (Å²) in [6.45, 7) is 2.90. The minimum atomic E-state index is -0.286. The third-order valence-corrected chi connectivity index (χ3v) is 2.39. The number of nitrogens with two attached hydrogens (primary N) is 1. The first-order valence-corrected chi connectivity index (χ1v) is 5.57. The molecule has 0 radical (unpaired) electrons. The summed E-state index contributed by atoms with van der Waals surface area (Å²) in [6, 6.07) is 4.42. The molecule has 2 aromatic rings. The van der Waals surface area contributed by atoms with Crippen molar-refractivity contribution in [2.75, 3.05) is 13.2 Å². The fourth-order valence-corrected chi connectivity index (χ4v) is 1.54. The lowest BCUT2D eigenvalue weighted by Gasteiger charge is -1.99. The van der Waals surface area contributed by atoms with Crippen LogP contribution in [0.15, 0.2) is 22.7 Å². The molecule has 5 nitrogen and oxygen atoms in total. The van der Waals surface area contributed by atoms with Crippen LogP contribution in [0, 0.1) is 12.7 Å². The van der Waals surface area contributed by atoms with E-state index < -0.39 is 0 Å². The number of benzene rings is 1. The lowest BCUT2D eigenvalue weighted by Crippen LogP contribution is -2.08. The topological polar surface area (TPSA) is 74.2 Å². The standard InChI is InChI=1S/C12H14FN3O2/c1-8-6-9(13)2-3-10(8)12-15-11(18-16-12)7-17-5-4-14/h2-3,6H,4-5,7,14H2,1H3. The number of halogens is 1. The Labute approximate surface area is 104 Å². The van der Waals surface area contributed by atoms with Gasteiger partial charge in [0.05, 0.1) is 6.61 Å². The molecule has 0 fully saturated rings. The zero-order chi connectivity index (χ0) is 13.0. The molecule has 0 aliphatic heterocycles. The smallest absolute Gasteiger partial charge is 0.252 e. The van der Waals surface area contributed by atoms with E-state index in [4.69, 9.17) is 15.0 Å². The fourth-order valence-electron chi connectivity index (χ4n) is 1.54. The van der Waals surface area contributed by atoms with Gasteiger partial charge in [0.2, 0.25) is 5.82 Å². The molecular formula is C12H14FN3O2. The molecule has 96 valence electrons. The average Bonchev–Trinajstić information content (AvgIpc) is 2.78. The lowest BCUT2D eigenvalue weighted by atomic mass is 10.1. The van der Waals surface area contributed by atoms with Gasteiger partial charge in [-0.1, -0.05) is 5.16 Å². The normalized spacial score (nSPS) is 10.8. The van der Waals surface area contributed by atoms with Crippen molar-refractivity contribution in [1.29, 1.82) is 0 Å². The Morgan fingerprint density at radius 1 is 1.44 bits per heavy atom. The molecule has 2 rings (SSSR count). The van der Waals surface area contributed by atoms with Gasteiger partial charge in [0.25, 0.3) is 5.89 Å². The second-order valence-electron chi connectivity index (χ2n) is 3.81. The molecule has 1 aromatic heterocycles. The van der Waals surface area contributed by atoms with Gasteiger partial charge in [-0.05, 0) is 30.7 Å². The predicted molar refractivity (Wildman–Crippen MR) is 63.1 cm³/mol. The van der Waals surface area contributed by atoms with Gasteiger partial charge in [0.15, 0.2) is 0 Å². The van der Waals surface area contributed by atoms with Gasteiger partial charge in [-0.2, -0.15) is 4.98 Å². The Morgan fingerprint density at radius 2 is 2.28 bits per heavy atom. The molecule has 0 bridgehead atoms. The van der Waals surface area contributed by atoms with Crippen molar-refractivity contribution in [2.45, 2.75) is 13.5 Å². The predicted octanol–water partition coefficient (Wildman–Crippen LogP) is 1.66. The third-order valence-electron chi connectivity index (χ3n) is 2.39. The first-order chi connectivity index (χ1) is 8.70. The Bertz CT molecular complexity index is 528. The van der Waals surface area contributed by atoms with E-state index >= 15 is 0 Å². The van der Waals surface area contributed by atoms with E-state index in [2.05, 4.69) is 10.1 Å². The van der Waals surface area contributed by atoms with Gasteiger partial charge in [0, 0.05) is 12.1 Å². The first kappa shape index (κ1) is 12.7.